The van der Waals surface area contributed by atoms with Crippen LogP contribution in [0.4, 0.5) is 9.59 Å². The average molecular weight is 1570 g/mol. The zero-order valence-corrected chi connectivity index (χ0v) is 65.3. The van der Waals surface area contributed by atoms with Crippen LogP contribution in [0.1, 0.15) is 135 Å². The predicted molar refractivity (Wildman–Crippen MR) is 402 cm³/mol. The van der Waals surface area contributed by atoms with E-state index >= 15 is 14.4 Å². The van der Waals surface area contributed by atoms with E-state index in [2.05, 4.69) is 36.9 Å². The van der Waals surface area contributed by atoms with Gasteiger partial charge in [0.05, 0.1) is 42.6 Å². The third-order valence-electron chi connectivity index (χ3n) is 20.6. The van der Waals surface area contributed by atoms with Crippen molar-refractivity contribution >= 4 is 98.9 Å². The molecule has 600 valence electrons. The number of nitrogens with zero attached hydrogens (tertiary/aromatic N) is 2. The lowest BCUT2D eigenvalue weighted by atomic mass is 9.44. The highest BCUT2D eigenvalue weighted by Gasteiger charge is 2.78. The number of benzene rings is 3. The SMILES string of the molecule is CCCCN(CCSSC[C@@H]1NC(=O)[C@@H](Cc2ccccc2)NC(=O)[C@H](CC(=O)O)NC(=O)CNC(=O)[C@H](CCCN=C(N)N)NC1=O)C(=O)O[C@@H](C(=O)O[C@H]1C[C@@]2(O)[C@@H](OC(=O)c3ccccc3)[C@@H]3[C@]4(OC(C)=O)CO[C@@H]4C[C@H](OC)[C@@]3(C)C(=O)[C@H](OC)C(=C1C)C2(C)C)[C@@H](NC(=O)OC(C)(C)C)c1ccccc1. The quantitative estimate of drug-likeness (QED) is 0.00932. The van der Waals surface area contributed by atoms with Gasteiger partial charge in [-0.25, -0.2) is 19.2 Å². The van der Waals surface area contributed by atoms with Gasteiger partial charge in [-0.3, -0.25) is 43.3 Å². The lowest BCUT2D eigenvalue weighted by Gasteiger charge is -2.67. The molecule has 0 aromatic heterocycles. The van der Waals surface area contributed by atoms with Crippen LogP contribution in [0.25, 0.3) is 0 Å². The molecule has 110 heavy (non-hydrogen) atoms. The molecular weight excluding hydrogens is 1470 g/mol. The van der Waals surface area contributed by atoms with Crippen molar-refractivity contribution in [3.05, 3.63) is 119 Å². The number of alkyl carbamates (subject to hydrolysis) is 1. The number of Topliss-reactive ketones (excluding diaryl/α,β-unsaturated/α-hetero) is 1. The molecule has 3 aromatic rings. The Balaban J connectivity index is 1.14. The van der Waals surface area contributed by atoms with Crippen molar-refractivity contribution in [1.29, 1.82) is 0 Å². The molecule has 5 aliphatic rings. The normalized spacial score (nSPS) is 27.4. The molecular formula is C76H102N10O22S2. The summed E-state index contributed by atoms with van der Waals surface area (Å²) < 4.78 is 50.3. The number of unbranched alkanes of at least 4 members (excludes halogenated alkanes) is 1. The van der Waals surface area contributed by atoms with Gasteiger partial charge >= 0.3 is 36.1 Å². The number of fused-ring (bicyclic) bond motifs is 5. The zero-order valence-electron chi connectivity index (χ0n) is 63.6. The zero-order chi connectivity index (χ0) is 80.6. The number of ketones is 1. The van der Waals surface area contributed by atoms with E-state index in [4.69, 9.17) is 49.4 Å². The Labute approximate surface area is 646 Å². The van der Waals surface area contributed by atoms with Gasteiger partial charge in [0.15, 0.2) is 17.3 Å². The number of rotatable bonds is 28. The van der Waals surface area contributed by atoms with Crippen LogP contribution in [0.15, 0.2) is 107 Å². The molecule has 2 aliphatic heterocycles. The Kier molecular flexibility index (Phi) is 29.5. The van der Waals surface area contributed by atoms with Gasteiger partial charge < -0.3 is 96.4 Å². The summed E-state index contributed by atoms with van der Waals surface area (Å²) in [6.45, 7) is 13.3. The third kappa shape index (κ3) is 20.4. The topological polar surface area (TPSA) is 459 Å². The number of guanidine groups is 1. The fourth-order valence-electron chi connectivity index (χ4n) is 15.1. The second-order valence-electron chi connectivity index (χ2n) is 29.6. The number of carbonyl (C=O) groups excluding carboxylic acids is 11. The summed E-state index contributed by atoms with van der Waals surface area (Å²) in [7, 11) is 4.90. The number of nitrogens with two attached hydrogens (primary N) is 2. The van der Waals surface area contributed by atoms with E-state index in [0.29, 0.717) is 18.4 Å². The van der Waals surface area contributed by atoms with Gasteiger partial charge in [-0.15, -0.1) is 0 Å². The summed E-state index contributed by atoms with van der Waals surface area (Å²) in [5.74, 6) is -11.5. The maximum Gasteiger partial charge on any atom is 0.410 e. The first-order valence-electron chi connectivity index (χ1n) is 36.4. The molecule has 8 rings (SSSR count). The minimum Gasteiger partial charge on any atom is -0.481 e. The third-order valence-corrected chi connectivity index (χ3v) is 23.0. The van der Waals surface area contributed by atoms with Crippen molar-refractivity contribution in [2.75, 3.05) is 58.5 Å². The van der Waals surface area contributed by atoms with Gasteiger partial charge in [-0.05, 0) is 88.3 Å². The van der Waals surface area contributed by atoms with E-state index in [1.165, 1.54) is 38.2 Å². The second kappa shape index (κ2) is 37.6. The number of aliphatic carboxylic acids is 1. The van der Waals surface area contributed by atoms with E-state index in [1.807, 2.05) is 6.92 Å². The molecule has 0 unspecified atom stereocenters. The number of carbonyl (C=O) groups is 12. The summed E-state index contributed by atoms with van der Waals surface area (Å²) in [6.07, 6.45) is -11.8. The number of amides is 7. The van der Waals surface area contributed by atoms with Crippen molar-refractivity contribution in [3.8, 4) is 0 Å². The highest BCUT2D eigenvalue weighted by Crippen LogP contribution is 2.65. The number of carboxylic acid groups (broad SMARTS) is 1. The number of methoxy groups -OCH3 is 2. The summed E-state index contributed by atoms with van der Waals surface area (Å²) in [4.78, 5) is 177. The summed E-state index contributed by atoms with van der Waals surface area (Å²) >= 11 is 0. The lowest BCUT2D eigenvalue weighted by Crippen LogP contribution is -2.82. The number of nitrogens with one attached hydrogen (secondary N) is 6. The smallest absolute Gasteiger partial charge is 0.410 e. The number of ether oxygens (including phenoxy) is 8. The Morgan fingerprint density at radius 2 is 1.42 bits per heavy atom. The highest BCUT2D eigenvalue weighted by molar-refractivity contribution is 8.76. The van der Waals surface area contributed by atoms with E-state index in [9.17, 15) is 53.4 Å². The fourth-order valence-corrected chi connectivity index (χ4v) is 17.2. The minimum atomic E-state index is -2.43. The number of carboxylic acids is 1. The van der Waals surface area contributed by atoms with Crippen LogP contribution in [0.2, 0.25) is 0 Å². The Bertz CT molecular complexity index is 3900. The first-order chi connectivity index (χ1) is 52.0. The van der Waals surface area contributed by atoms with Crippen molar-refractivity contribution < 1.29 is 106 Å². The van der Waals surface area contributed by atoms with E-state index < -0.39 is 191 Å². The molecule has 0 radical (unpaired) electrons. The van der Waals surface area contributed by atoms with Gasteiger partial charge in [0.2, 0.25) is 35.6 Å². The Morgan fingerprint density at radius 3 is 2.02 bits per heavy atom. The molecule has 34 heteroatoms. The molecule has 2 bridgehead atoms. The molecule has 12 N–H and O–H groups in total. The molecule has 2 saturated carbocycles. The van der Waals surface area contributed by atoms with Gasteiger partial charge in [-0.2, -0.15) is 0 Å². The predicted octanol–water partition coefficient (Wildman–Crippen LogP) is 4.04. The Hall–Kier alpha value is -9.35. The van der Waals surface area contributed by atoms with E-state index in [0.717, 1.165) is 21.6 Å². The summed E-state index contributed by atoms with van der Waals surface area (Å²) in [5, 5.41) is 39.5. The van der Waals surface area contributed by atoms with Gasteiger partial charge in [0, 0.05) is 77.0 Å². The van der Waals surface area contributed by atoms with Gasteiger partial charge in [-0.1, -0.05) is 128 Å². The first kappa shape index (κ1) is 86.2. The molecule has 3 aliphatic carbocycles. The van der Waals surface area contributed by atoms with Gasteiger partial charge in [0.1, 0.15) is 65.8 Å². The average Bonchev–Trinajstić information content (AvgIpc) is 0.668. The van der Waals surface area contributed by atoms with Crippen molar-refractivity contribution in [2.24, 2.45) is 33.2 Å². The van der Waals surface area contributed by atoms with Crippen LogP contribution >= 0.6 is 21.6 Å². The molecule has 0 spiro atoms. The number of esters is 3. The van der Waals surface area contributed by atoms with Crippen LogP contribution < -0.4 is 43.4 Å². The number of hydrogen-bond acceptors (Lipinski definition) is 24. The van der Waals surface area contributed by atoms with E-state index in [-0.39, 0.29) is 91.7 Å². The van der Waals surface area contributed by atoms with Crippen molar-refractivity contribution in [3.63, 3.8) is 0 Å². The monoisotopic (exact) mass is 1570 g/mol. The van der Waals surface area contributed by atoms with E-state index in [1.54, 1.807) is 127 Å². The largest absolute Gasteiger partial charge is 0.481 e. The molecule has 15 atom stereocenters. The minimum absolute atomic E-state index is 0.0242. The lowest BCUT2D eigenvalue weighted by molar-refractivity contribution is -0.347. The van der Waals surface area contributed by atoms with Crippen LogP contribution in [0.3, 0.4) is 0 Å². The van der Waals surface area contributed by atoms with Crippen LogP contribution in [0, 0.1) is 16.7 Å². The van der Waals surface area contributed by atoms with Crippen LogP contribution in [-0.4, -0.2) is 229 Å². The van der Waals surface area contributed by atoms with Crippen LogP contribution in [-0.2, 0) is 87.5 Å². The molecule has 4 fully saturated rings. The number of aliphatic imine (C=N–C) groups is 1. The molecule has 2 heterocycles. The van der Waals surface area contributed by atoms with Gasteiger partial charge in [0.25, 0.3) is 0 Å². The molecule has 7 amide bonds. The summed E-state index contributed by atoms with van der Waals surface area (Å²) in [6, 6.07) is 16.8. The Morgan fingerprint density at radius 1 is 0.791 bits per heavy atom. The second-order valence-corrected chi connectivity index (χ2v) is 32.2. The maximum absolute atomic E-state index is 16.2. The standard InChI is InChI=1S/C76H102N10O22S2/c1-12-13-32-86(33-34-109-110-40-50-66(95)82-47(30-23-31-79-69(77)78)63(92)80-39-54(88)81-49(36-55(89)90)65(94)83-48(64(93)84-50)35-44-24-17-14-18-25-44)71(99)105-59(57(45-26-19-15-20-27-45)85-70(98)108-72(4,5)6)68(97)104-51-38-76(100)62(106-67(96)46-28-21-16-22-29-46)60-74(9,61(91)58(102-11)56(42(51)2)73(76,7)8)52(101-10)37-53-75(60,41-103-53)107-43(3)87/h14-22,24-29,47-53,57-60,62,100H,12-13,23,30-41H2,1-11H3,(H,80,92)(H,81,88)(H,82,95)(H,83,94)(H,84,93)(H,85,98)(H,89,90)(H4,77,78,79)/t47-,48+,49-,50-,51-,52-,53+,57-,58+,59+,60-,62-,74+,75-,76+/m0/s1. The summed E-state index contributed by atoms with van der Waals surface area (Å²) in [5.41, 5.74) is 3.54. The fraction of sp³-hybridized carbons (Fsp3) is 0.566. The number of aliphatic hydroxyl groups is 1. The molecule has 3 aromatic carbocycles. The maximum atomic E-state index is 16.2. The first-order valence-corrected chi connectivity index (χ1v) is 38.9. The highest BCUT2D eigenvalue weighted by atomic mass is 33.1. The molecule has 32 nitrogen and oxygen atoms in total. The number of hydrogen-bond donors (Lipinski definition) is 10. The van der Waals surface area contributed by atoms with Crippen molar-refractivity contribution in [2.45, 2.75) is 197 Å². The van der Waals surface area contributed by atoms with Crippen molar-refractivity contribution in [1.82, 2.24) is 36.8 Å². The van der Waals surface area contributed by atoms with Crippen LogP contribution in [0.5, 0.6) is 0 Å². The molecule has 2 saturated heterocycles.